The molecule has 2 rings (SSSR count). The van der Waals surface area contributed by atoms with Crippen molar-refractivity contribution >= 4 is 11.5 Å². The molecule has 0 amide bonds. The number of carbonyl (C=O) groups is 1. The number of aromatic nitrogens is 2. The number of carboxylic acid groups (broad SMARTS) is 1. The van der Waals surface area contributed by atoms with Gasteiger partial charge in [0.15, 0.2) is 0 Å². The zero-order chi connectivity index (χ0) is 15.1. The molecule has 20 heavy (non-hydrogen) atoms. The predicted molar refractivity (Wildman–Crippen MR) is 78.6 cm³/mol. The molecule has 1 aromatic rings. The first-order valence-corrected chi connectivity index (χ1v) is 6.93. The largest absolute Gasteiger partial charge is 0.478 e. The summed E-state index contributed by atoms with van der Waals surface area (Å²) in [4.78, 5) is 20.1. The molecule has 4 nitrogen and oxygen atoms in total. The zero-order valence-corrected chi connectivity index (χ0v) is 12.8. The maximum absolute atomic E-state index is 10.8. The van der Waals surface area contributed by atoms with Gasteiger partial charge in [-0.05, 0) is 25.3 Å². The minimum Gasteiger partial charge on any atom is -0.478 e. The van der Waals surface area contributed by atoms with Crippen LogP contribution in [-0.2, 0) is 15.6 Å². The van der Waals surface area contributed by atoms with Crippen molar-refractivity contribution in [2.24, 2.45) is 0 Å². The van der Waals surface area contributed by atoms with Crippen LogP contribution in [-0.4, -0.2) is 21.0 Å². The molecule has 1 heterocycles. The van der Waals surface area contributed by atoms with Gasteiger partial charge >= 0.3 is 5.97 Å². The highest BCUT2D eigenvalue weighted by Gasteiger charge is 2.39. The Balaban J connectivity index is 2.57. The van der Waals surface area contributed by atoms with Crippen molar-refractivity contribution < 1.29 is 9.90 Å². The maximum Gasteiger partial charge on any atom is 0.328 e. The number of carboxylic acids is 1. The number of nitrogens with zero attached hydrogens (tertiary/aromatic N) is 2. The number of rotatable bonds is 2. The van der Waals surface area contributed by atoms with Crippen LogP contribution in [0.3, 0.4) is 0 Å². The van der Waals surface area contributed by atoms with Gasteiger partial charge < -0.3 is 5.11 Å². The van der Waals surface area contributed by atoms with Crippen LogP contribution in [0.5, 0.6) is 0 Å². The Morgan fingerprint density at radius 1 is 1.20 bits per heavy atom. The molecule has 108 valence electrons. The Labute approximate surface area is 120 Å². The van der Waals surface area contributed by atoms with Gasteiger partial charge in [0.1, 0.15) is 0 Å². The summed E-state index contributed by atoms with van der Waals surface area (Å²) < 4.78 is 0. The van der Waals surface area contributed by atoms with E-state index in [1.54, 1.807) is 13.1 Å². The number of fused-ring (bicyclic) bond motifs is 1. The summed E-state index contributed by atoms with van der Waals surface area (Å²) in [5.74, 6) is -0.957. The minimum atomic E-state index is -0.957. The van der Waals surface area contributed by atoms with E-state index in [9.17, 15) is 4.79 Å². The van der Waals surface area contributed by atoms with E-state index in [1.165, 1.54) is 6.08 Å². The monoisotopic (exact) mass is 274 g/mol. The molecule has 1 aliphatic carbocycles. The van der Waals surface area contributed by atoms with Crippen molar-refractivity contribution in [3.05, 3.63) is 29.4 Å². The fourth-order valence-electron chi connectivity index (χ4n) is 2.67. The lowest BCUT2D eigenvalue weighted by molar-refractivity contribution is -0.131. The summed E-state index contributed by atoms with van der Waals surface area (Å²) in [6.45, 7) is 10.5. The molecule has 0 aromatic carbocycles. The van der Waals surface area contributed by atoms with Crippen molar-refractivity contribution in [2.75, 3.05) is 0 Å². The Morgan fingerprint density at radius 2 is 1.75 bits per heavy atom. The standard InChI is InChI=1S/C16H22N2O2/c1-10(8-12(19)20)11-9-17-13-14(18-11)16(4,5)7-6-15(13,2)3/h8-9H,6-7H2,1-5H3,(H,19,20). The van der Waals surface area contributed by atoms with Crippen LogP contribution in [0.4, 0.5) is 0 Å². The van der Waals surface area contributed by atoms with E-state index in [0.29, 0.717) is 11.3 Å². The molecule has 4 heteroatoms. The van der Waals surface area contributed by atoms with Crippen molar-refractivity contribution in [3.63, 3.8) is 0 Å². The summed E-state index contributed by atoms with van der Waals surface area (Å²) >= 11 is 0. The summed E-state index contributed by atoms with van der Waals surface area (Å²) in [5, 5.41) is 8.84. The van der Waals surface area contributed by atoms with Crippen LogP contribution in [0, 0.1) is 0 Å². The molecule has 1 aliphatic rings. The number of aliphatic carboxylic acids is 1. The molecule has 0 radical (unpaired) electrons. The topological polar surface area (TPSA) is 63.1 Å². The molecule has 1 aromatic heterocycles. The lowest BCUT2D eigenvalue weighted by atomic mass is 9.67. The first-order chi connectivity index (χ1) is 9.13. The molecule has 0 spiro atoms. The van der Waals surface area contributed by atoms with E-state index in [2.05, 4.69) is 32.7 Å². The number of hydrogen-bond donors (Lipinski definition) is 1. The molecule has 0 saturated carbocycles. The van der Waals surface area contributed by atoms with Gasteiger partial charge in [0.05, 0.1) is 23.3 Å². The Hall–Kier alpha value is -1.71. The molecule has 0 aliphatic heterocycles. The van der Waals surface area contributed by atoms with Crippen molar-refractivity contribution in [1.82, 2.24) is 9.97 Å². The van der Waals surface area contributed by atoms with Crippen LogP contribution in [0.25, 0.3) is 5.57 Å². The summed E-state index contributed by atoms with van der Waals surface area (Å²) in [5.41, 5.74) is 3.34. The molecule has 0 fully saturated rings. The van der Waals surface area contributed by atoms with E-state index < -0.39 is 5.97 Å². The lowest BCUT2D eigenvalue weighted by Crippen LogP contribution is -2.36. The normalized spacial score (nSPS) is 20.4. The molecule has 0 unspecified atom stereocenters. The quantitative estimate of drug-likeness (QED) is 0.840. The molecule has 0 saturated heterocycles. The van der Waals surface area contributed by atoms with E-state index in [1.807, 2.05) is 0 Å². The Kier molecular flexibility index (Phi) is 3.44. The van der Waals surface area contributed by atoms with E-state index in [0.717, 1.165) is 24.2 Å². The van der Waals surface area contributed by atoms with Gasteiger partial charge in [-0.2, -0.15) is 0 Å². The first-order valence-electron chi connectivity index (χ1n) is 6.93. The van der Waals surface area contributed by atoms with Gasteiger partial charge in [0, 0.05) is 16.9 Å². The minimum absolute atomic E-state index is 0.0165. The first kappa shape index (κ1) is 14.7. The summed E-state index contributed by atoms with van der Waals surface area (Å²) in [7, 11) is 0. The highest BCUT2D eigenvalue weighted by molar-refractivity contribution is 5.88. The van der Waals surface area contributed by atoms with Crippen LogP contribution >= 0.6 is 0 Å². The lowest BCUT2D eigenvalue weighted by Gasteiger charge is -2.39. The van der Waals surface area contributed by atoms with Gasteiger partial charge in [-0.1, -0.05) is 27.7 Å². The van der Waals surface area contributed by atoms with Gasteiger partial charge in [-0.15, -0.1) is 0 Å². The third-order valence-electron chi connectivity index (χ3n) is 4.17. The van der Waals surface area contributed by atoms with Gasteiger partial charge in [-0.3, -0.25) is 4.98 Å². The Morgan fingerprint density at radius 3 is 2.30 bits per heavy atom. The average Bonchev–Trinajstić information content (AvgIpc) is 2.34. The number of hydrogen-bond acceptors (Lipinski definition) is 3. The third kappa shape index (κ3) is 2.60. The highest BCUT2D eigenvalue weighted by Crippen LogP contribution is 2.43. The average molecular weight is 274 g/mol. The van der Waals surface area contributed by atoms with Crippen LogP contribution < -0.4 is 0 Å². The van der Waals surface area contributed by atoms with E-state index >= 15 is 0 Å². The molecular weight excluding hydrogens is 252 g/mol. The second-order valence-electron chi connectivity index (χ2n) is 6.89. The van der Waals surface area contributed by atoms with Crippen LogP contribution in [0.1, 0.15) is 64.5 Å². The van der Waals surface area contributed by atoms with Gasteiger partial charge in [0.2, 0.25) is 0 Å². The van der Waals surface area contributed by atoms with Gasteiger partial charge in [0.25, 0.3) is 0 Å². The van der Waals surface area contributed by atoms with Crippen LogP contribution in [0.15, 0.2) is 12.3 Å². The van der Waals surface area contributed by atoms with E-state index in [4.69, 9.17) is 10.1 Å². The Bertz CT molecular complexity index is 586. The van der Waals surface area contributed by atoms with Crippen molar-refractivity contribution in [2.45, 2.75) is 58.3 Å². The predicted octanol–water partition coefficient (Wildman–Crippen LogP) is 3.31. The molecule has 1 N–H and O–H groups in total. The molecule has 0 atom stereocenters. The second-order valence-corrected chi connectivity index (χ2v) is 6.89. The number of allylic oxidation sites excluding steroid dienone is 1. The molecular formula is C16H22N2O2. The van der Waals surface area contributed by atoms with Crippen molar-refractivity contribution in [3.8, 4) is 0 Å². The second kappa shape index (κ2) is 4.69. The zero-order valence-electron chi connectivity index (χ0n) is 12.8. The van der Waals surface area contributed by atoms with E-state index in [-0.39, 0.29) is 10.8 Å². The summed E-state index contributed by atoms with van der Waals surface area (Å²) in [6, 6.07) is 0. The van der Waals surface area contributed by atoms with Crippen molar-refractivity contribution in [1.29, 1.82) is 0 Å². The maximum atomic E-state index is 10.8. The van der Waals surface area contributed by atoms with Crippen LogP contribution in [0.2, 0.25) is 0 Å². The van der Waals surface area contributed by atoms with Gasteiger partial charge in [-0.25, -0.2) is 9.78 Å². The fraction of sp³-hybridized carbons (Fsp3) is 0.562. The third-order valence-corrected chi connectivity index (χ3v) is 4.17. The molecule has 0 bridgehead atoms. The fourth-order valence-corrected chi connectivity index (χ4v) is 2.67. The summed E-state index contributed by atoms with van der Waals surface area (Å²) in [6.07, 6.45) is 5.02. The SMILES string of the molecule is CC(=CC(=O)O)c1cnc2c(n1)C(C)(C)CCC2(C)C. The smallest absolute Gasteiger partial charge is 0.328 e. The highest BCUT2D eigenvalue weighted by atomic mass is 16.4.